The lowest BCUT2D eigenvalue weighted by Gasteiger charge is -2.30. The fraction of sp³-hybridized carbons (Fsp3) is 0.696. The number of aliphatic hydroxyl groups excluding tert-OH is 1. The van der Waals surface area contributed by atoms with Crippen molar-refractivity contribution >= 4 is 5.78 Å². The summed E-state index contributed by atoms with van der Waals surface area (Å²) in [4.78, 5) is 11.9. The van der Waals surface area contributed by atoms with E-state index in [1.165, 1.54) is 5.57 Å². The van der Waals surface area contributed by atoms with Crippen molar-refractivity contribution in [1.29, 1.82) is 0 Å². The molecule has 150 valence electrons. The van der Waals surface area contributed by atoms with Gasteiger partial charge in [-0.15, -0.1) is 0 Å². The highest BCUT2D eigenvalue weighted by Crippen LogP contribution is 2.26. The Hall–Kier alpha value is -1.19. The molecule has 0 aliphatic rings. The normalized spacial score (nSPS) is 18.8. The monoisotopic (exact) mass is 364 g/mol. The Balaban J connectivity index is 4.59. The molecule has 0 spiro atoms. The molecule has 0 saturated carbocycles. The van der Waals surface area contributed by atoms with Crippen LogP contribution in [0.4, 0.5) is 0 Å². The predicted octanol–water partition coefficient (Wildman–Crippen LogP) is 5.64. The van der Waals surface area contributed by atoms with Crippen molar-refractivity contribution in [2.24, 2.45) is 11.8 Å². The van der Waals surface area contributed by atoms with Gasteiger partial charge in [0.15, 0.2) is 0 Å². The van der Waals surface area contributed by atoms with E-state index in [0.717, 1.165) is 25.9 Å². The fourth-order valence-electron chi connectivity index (χ4n) is 3.13. The minimum Gasteiger partial charge on any atom is -0.393 e. The summed E-state index contributed by atoms with van der Waals surface area (Å²) in [5.41, 5.74) is 1.04. The Morgan fingerprint density at radius 2 is 1.81 bits per heavy atom. The van der Waals surface area contributed by atoms with Crippen LogP contribution in [-0.2, 0) is 9.53 Å². The second-order valence-corrected chi connectivity index (χ2v) is 7.67. The van der Waals surface area contributed by atoms with Crippen LogP contribution in [0.1, 0.15) is 74.1 Å². The van der Waals surface area contributed by atoms with Gasteiger partial charge in [0.05, 0.1) is 11.7 Å². The molecule has 0 fully saturated rings. The maximum Gasteiger partial charge on any atom is 0.138 e. The van der Waals surface area contributed by atoms with Gasteiger partial charge in [-0.25, -0.2) is 0 Å². The molecule has 0 radical (unpaired) electrons. The second-order valence-electron chi connectivity index (χ2n) is 7.67. The molecule has 0 amide bonds. The molecule has 1 unspecified atom stereocenters. The van der Waals surface area contributed by atoms with Crippen LogP contribution in [0, 0.1) is 11.8 Å². The number of carbonyl (C=O) groups excluding carboxylic acids is 1. The molecule has 0 bridgehead atoms. The van der Waals surface area contributed by atoms with Gasteiger partial charge in [-0.3, -0.25) is 4.79 Å². The molecular weight excluding hydrogens is 324 g/mol. The van der Waals surface area contributed by atoms with Gasteiger partial charge in [-0.05, 0) is 52.0 Å². The van der Waals surface area contributed by atoms with Gasteiger partial charge in [-0.2, -0.15) is 0 Å². The largest absolute Gasteiger partial charge is 0.393 e. The Labute approximate surface area is 161 Å². The van der Waals surface area contributed by atoms with Crippen molar-refractivity contribution in [1.82, 2.24) is 0 Å². The van der Waals surface area contributed by atoms with Crippen molar-refractivity contribution in [3.63, 3.8) is 0 Å². The standard InChI is InChI=1S/C23H40O3/c1-8-15-23(7,26-9-2)20(5)14-12-10-11-13-18(3)16-19(4)22(25)17-21(6)24/h10-14,18-19,21,24H,8-9,15-17H2,1-7H3/b12-10+,13-11+,20-14+/t18-,19-,21-,23?/m1/s1. The number of aliphatic hydroxyl groups is 1. The summed E-state index contributed by atoms with van der Waals surface area (Å²) in [6.45, 7) is 14.9. The van der Waals surface area contributed by atoms with Crippen LogP contribution in [0.3, 0.4) is 0 Å². The van der Waals surface area contributed by atoms with Crippen molar-refractivity contribution < 1.29 is 14.6 Å². The minimum absolute atomic E-state index is 0.0173. The van der Waals surface area contributed by atoms with E-state index < -0.39 is 6.10 Å². The van der Waals surface area contributed by atoms with Crippen LogP contribution < -0.4 is 0 Å². The van der Waals surface area contributed by atoms with Crippen molar-refractivity contribution in [2.45, 2.75) is 85.9 Å². The maximum atomic E-state index is 11.9. The number of carbonyl (C=O) groups is 1. The van der Waals surface area contributed by atoms with E-state index in [1.807, 2.05) is 32.1 Å². The molecular formula is C23H40O3. The maximum absolute atomic E-state index is 11.9. The van der Waals surface area contributed by atoms with Crippen LogP contribution in [0.25, 0.3) is 0 Å². The van der Waals surface area contributed by atoms with Crippen LogP contribution >= 0.6 is 0 Å². The van der Waals surface area contributed by atoms with Gasteiger partial charge in [-0.1, -0.05) is 57.6 Å². The zero-order valence-electron chi connectivity index (χ0n) is 17.9. The lowest BCUT2D eigenvalue weighted by Crippen LogP contribution is -2.30. The van der Waals surface area contributed by atoms with E-state index in [2.05, 4.69) is 39.8 Å². The summed E-state index contributed by atoms with van der Waals surface area (Å²) in [6, 6.07) is 0. The number of hydrogen-bond donors (Lipinski definition) is 1. The molecule has 26 heavy (non-hydrogen) atoms. The number of hydrogen-bond acceptors (Lipinski definition) is 3. The molecule has 1 N–H and O–H groups in total. The molecule has 0 aliphatic carbocycles. The quantitative estimate of drug-likeness (QED) is 0.430. The highest BCUT2D eigenvalue weighted by molar-refractivity contribution is 5.81. The summed E-state index contributed by atoms with van der Waals surface area (Å²) < 4.78 is 5.95. The molecule has 0 rings (SSSR count). The zero-order chi connectivity index (χ0) is 20.2. The summed E-state index contributed by atoms with van der Waals surface area (Å²) in [5.74, 6) is 0.447. The zero-order valence-corrected chi connectivity index (χ0v) is 17.9. The molecule has 0 aliphatic heterocycles. The number of rotatable bonds is 13. The lowest BCUT2D eigenvalue weighted by molar-refractivity contribution is -0.124. The highest BCUT2D eigenvalue weighted by atomic mass is 16.5. The lowest BCUT2D eigenvalue weighted by atomic mass is 9.91. The first kappa shape index (κ1) is 24.8. The fourth-order valence-corrected chi connectivity index (χ4v) is 3.13. The third-order valence-electron chi connectivity index (χ3n) is 4.80. The molecule has 0 heterocycles. The first-order chi connectivity index (χ1) is 12.2. The van der Waals surface area contributed by atoms with Crippen molar-refractivity contribution in [2.75, 3.05) is 6.61 Å². The van der Waals surface area contributed by atoms with E-state index in [4.69, 9.17) is 4.74 Å². The van der Waals surface area contributed by atoms with Gasteiger partial charge in [0.1, 0.15) is 5.78 Å². The van der Waals surface area contributed by atoms with E-state index in [1.54, 1.807) is 6.92 Å². The average molecular weight is 365 g/mol. The van der Waals surface area contributed by atoms with Crippen LogP contribution in [0.2, 0.25) is 0 Å². The number of Topliss-reactive ketones (excluding diaryl/α,β-unsaturated/α-hetero) is 1. The molecule has 0 aromatic heterocycles. The number of ketones is 1. The molecule has 3 heteroatoms. The van der Waals surface area contributed by atoms with E-state index in [-0.39, 0.29) is 23.7 Å². The van der Waals surface area contributed by atoms with Crippen LogP contribution in [0.15, 0.2) is 36.0 Å². The molecule has 3 nitrogen and oxygen atoms in total. The first-order valence-electron chi connectivity index (χ1n) is 10.0. The number of ether oxygens (including phenoxy) is 1. The van der Waals surface area contributed by atoms with Gasteiger partial charge < -0.3 is 9.84 Å². The summed E-state index contributed by atoms with van der Waals surface area (Å²) in [6.07, 6.45) is 13.0. The minimum atomic E-state index is -0.552. The van der Waals surface area contributed by atoms with E-state index in [0.29, 0.717) is 5.92 Å². The van der Waals surface area contributed by atoms with Gasteiger partial charge in [0, 0.05) is 18.9 Å². The third kappa shape index (κ3) is 10.1. The molecule has 0 saturated heterocycles. The SMILES string of the molecule is CCCC(C)(OCC)/C(C)=C/C=C/C=C/[C@@H](C)C[C@@H](C)C(=O)C[C@@H](C)O. The average Bonchev–Trinajstić information content (AvgIpc) is 2.53. The van der Waals surface area contributed by atoms with Crippen LogP contribution in [0.5, 0.6) is 0 Å². The molecule has 0 aromatic carbocycles. The Morgan fingerprint density at radius 1 is 1.15 bits per heavy atom. The van der Waals surface area contributed by atoms with Crippen molar-refractivity contribution in [3.8, 4) is 0 Å². The number of allylic oxidation sites excluding steroid dienone is 5. The summed E-state index contributed by atoms with van der Waals surface area (Å²) in [7, 11) is 0. The highest BCUT2D eigenvalue weighted by Gasteiger charge is 2.24. The van der Waals surface area contributed by atoms with Gasteiger partial charge >= 0.3 is 0 Å². The van der Waals surface area contributed by atoms with Crippen molar-refractivity contribution in [3.05, 3.63) is 36.0 Å². The first-order valence-corrected chi connectivity index (χ1v) is 10.0. The Bertz CT molecular complexity index is 480. The summed E-state index contributed by atoms with van der Waals surface area (Å²) >= 11 is 0. The van der Waals surface area contributed by atoms with E-state index in [9.17, 15) is 9.90 Å². The Kier molecular flexibility index (Phi) is 12.5. The summed E-state index contributed by atoms with van der Waals surface area (Å²) in [5, 5.41) is 9.32. The third-order valence-corrected chi connectivity index (χ3v) is 4.80. The second kappa shape index (κ2) is 13.1. The van der Waals surface area contributed by atoms with E-state index >= 15 is 0 Å². The van der Waals surface area contributed by atoms with Gasteiger partial charge in [0.25, 0.3) is 0 Å². The van der Waals surface area contributed by atoms with Crippen LogP contribution in [-0.4, -0.2) is 29.2 Å². The molecule has 4 atom stereocenters. The molecule has 0 aromatic rings. The Morgan fingerprint density at radius 3 is 2.35 bits per heavy atom. The topological polar surface area (TPSA) is 46.5 Å². The predicted molar refractivity (Wildman–Crippen MR) is 111 cm³/mol. The van der Waals surface area contributed by atoms with Gasteiger partial charge in [0.2, 0.25) is 0 Å². The smallest absolute Gasteiger partial charge is 0.138 e.